The largest absolute Gasteiger partial charge is 0.377 e. The molecule has 2 rings (SSSR count). The molecule has 1 fully saturated rings. The molecule has 100 valence electrons. The monoisotopic (exact) mass is 265 g/mol. The highest BCUT2D eigenvalue weighted by Crippen LogP contribution is 2.33. The minimum atomic E-state index is 0.385. The van der Waals surface area contributed by atoms with Gasteiger partial charge in [-0.25, -0.2) is 0 Å². The van der Waals surface area contributed by atoms with Crippen molar-refractivity contribution in [2.24, 2.45) is 0 Å². The maximum Gasteiger partial charge on any atom is 0.0669 e. The van der Waals surface area contributed by atoms with Crippen LogP contribution in [-0.4, -0.2) is 25.0 Å². The smallest absolute Gasteiger partial charge is 0.0669 e. The number of nitrogens with one attached hydrogen (secondary N) is 1. The van der Waals surface area contributed by atoms with Crippen LogP contribution in [-0.2, 0) is 4.74 Å². The maximum atomic E-state index is 5.60. The Kier molecular flexibility index (Phi) is 5.10. The van der Waals surface area contributed by atoms with Gasteiger partial charge in [-0.15, -0.1) is 11.8 Å². The summed E-state index contributed by atoms with van der Waals surface area (Å²) in [6, 6.07) is 9.44. The van der Waals surface area contributed by atoms with E-state index in [1.165, 1.54) is 16.9 Å². The summed E-state index contributed by atoms with van der Waals surface area (Å²) in [4.78, 5) is 1.35. The first-order valence-electron chi connectivity index (χ1n) is 6.80. The van der Waals surface area contributed by atoms with Crippen LogP contribution in [0.2, 0.25) is 0 Å². The van der Waals surface area contributed by atoms with E-state index in [-0.39, 0.29) is 0 Å². The van der Waals surface area contributed by atoms with Gasteiger partial charge >= 0.3 is 0 Å². The van der Waals surface area contributed by atoms with Gasteiger partial charge < -0.3 is 10.1 Å². The molecular formula is C15H23NOS. The molecule has 0 spiro atoms. The van der Waals surface area contributed by atoms with Crippen molar-refractivity contribution >= 4 is 11.8 Å². The molecule has 1 saturated heterocycles. The Morgan fingerprint density at radius 2 is 2.11 bits per heavy atom. The third-order valence-corrected chi connectivity index (χ3v) is 5.10. The molecule has 1 heterocycles. The van der Waals surface area contributed by atoms with E-state index >= 15 is 0 Å². The molecule has 18 heavy (non-hydrogen) atoms. The van der Waals surface area contributed by atoms with Crippen molar-refractivity contribution in [3.8, 4) is 0 Å². The van der Waals surface area contributed by atoms with Crippen molar-refractivity contribution in [3.63, 3.8) is 0 Å². The van der Waals surface area contributed by atoms with Crippen LogP contribution in [0, 0.1) is 0 Å². The summed E-state index contributed by atoms with van der Waals surface area (Å²) in [6.07, 6.45) is 2.67. The summed E-state index contributed by atoms with van der Waals surface area (Å²) in [5, 5.41) is 3.95. The second-order valence-electron chi connectivity index (χ2n) is 4.84. The first-order chi connectivity index (χ1) is 8.74. The highest BCUT2D eigenvalue weighted by Gasteiger charge is 2.24. The van der Waals surface area contributed by atoms with Crippen LogP contribution in [0.15, 0.2) is 29.2 Å². The minimum Gasteiger partial charge on any atom is -0.377 e. The Hall–Kier alpha value is -0.510. The predicted molar refractivity (Wildman–Crippen MR) is 78.2 cm³/mol. The van der Waals surface area contributed by atoms with Crippen molar-refractivity contribution in [1.29, 1.82) is 0 Å². The lowest BCUT2D eigenvalue weighted by atomic mass is 10.1. The topological polar surface area (TPSA) is 21.3 Å². The standard InChI is InChI=1S/C15H23NOS/c1-4-14(16-3)12-5-7-13(8-6-12)18-15-9-10-17-11(15)2/h5-8,11,14-16H,4,9-10H2,1-3H3. The Labute approximate surface area is 114 Å². The fraction of sp³-hybridized carbons (Fsp3) is 0.600. The fourth-order valence-corrected chi connectivity index (χ4v) is 3.55. The number of ether oxygens (including phenoxy) is 1. The Bertz CT molecular complexity index is 361. The van der Waals surface area contributed by atoms with Gasteiger partial charge in [0.2, 0.25) is 0 Å². The molecule has 0 saturated carbocycles. The van der Waals surface area contributed by atoms with Crippen LogP contribution in [0.25, 0.3) is 0 Å². The first kappa shape index (κ1) is 13.9. The van der Waals surface area contributed by atoms with E-state index in [0.29, 0.717) is 17.4 Å². The molecule has 1 aromatic rings. The van der Waals surface area contributed by atoms with Gasteiger partial charge in [-0.2, -0.15) is 0 Å². The molecule has 0 aromatic heterocycles. The normalized spacial score (nSPS) is 25.3. The van der Waals surface area contributed by atoms with E-state index in [4.69, 9.17) is 4.74 Å². The third-order valence-electron chi connectivity index (χ3n) is 3.63. The van der Waals surface area contributed by atoms with Crippen molar-refractivity contribution < 1.29 is 4.74 Å². The molecule has 1 aliphatic heterocycles. The Balaban J connectivity index is 1.99. The molecule has 0 radical (unpaired) electrons. The van der Waals surface area contributed by atoms with E-state index in [1.54, 1.807) is 0 Å². The van der Waals surface area contributed by atoms with Crippen molar-refractivity contribution in [3.05, 3.63) is 29.8 Å². The van der Waals surface area contributed by atoms with Crippen LogP contribution in [0.5, 0.6) is 0 Å². The summed E-state index contributed by atoms with van der Waals surface area (Å²) in [6.45, 7) is 5.29. The lowest BCUT2D eigenvalue weighted by molar-refractivity contribution is 0.127. The number of thioether (sulfide) groups is 1. The molecule has 1 aliphatic rings. The number of benzene rings is 1. The summed E-state index contributed by atoms with van der Waals surface area (Å²) in [5.74, 6) is 0. The average molecular weight is 265 g/mol. The van der Waals surface area contributed by atoms with E-state index in [2.05, 4.69) is 43.4 Å². The van der Waals surface area contributed by atoms with Gasteiger partial charge in [-0.3, -0.25) is 0 Å². The second kappa shape index (κ2) is 6.60. The fourth-order valence-electron chi connectivity index (χ4n) is 2.43. The van der Waals surface area contributed by atoms with Gasteiger partial charge in [-0.1, -0.05) is 19.1 Å². The van der Waals surface area contributed by atoms with Crippen LogP contribution in [0.3, 0.4) is 0 Å². The van der Waals surface area contributed by atoms with Crippen LogP contribution in [0.1, 0.15) is 38.3 Å². The Morgan fingerprint density at radius 1 is 1.39 bits per heavy atom. The van der Waals surface area contributed by atoms with Gasteiger partial charge in [0.05, 0.1) is 6.10 Å². The summed E-state index contributed by atoms with van der Waals surface area (Å²) in [7, 11) is 2.02. The molecular weight excluding hydrogens is 242 g/mol. The SMILES string of the molecule is CCC(NC)c1ccc(SC2CCOC2C)cc1. The maximum absolute atomic E-state index is 5.60. The third kappa shape index (κ3) is 3.28. The number of hydrogen-bond donors (Lipinski definition) is 1. The van der Waals surface area contributed by atoms with Crippen LogP contribution < -0.4 is 5.32 Å². The highest BCUT2D eigenvalue weighted by molar-refractivity contribution is 8.00. The molecule has 3 atom stereocenters. The molecule has 0 amide bonds. The van der Waals surface area contributed by atoms with E-state index in [9.17, 15) is 0 Å². The van der Waals surface area contributed by atoms with Gasteiger partial charge in [0.25, 0.3) is 0 Å². The zero-order chi connectivity index (χ0) is 13.0. The van der Waals surface area contributed by atoms with E-state index in [0.717, 1.165) is 13.0 Å². The van der Waals surface area contributed by atoms with Crippen molar-refractivity contribution in [2.75, 3.05) is 13.7 Å². The number of rotatable bonds is 5. The lowest BCUT2D eigenvalue weighted by Crippen LogP contribution is -2.15. The van der Waals surface area contributed by atoms with Crippen molar-refractivity contribution in [1.82, 2.24) is 5.32 Å². The van der Waals surface area contributed by atoms with E-state index in [1.807, 2.05) is 18.8 Å². The highest BCUT2D eigenvalue weighted by atomic mass is 32.2. The summed E-state index contributed by atoms with van der Waals surface area (Å²) in [5.41, 5.74) is 1.38. The number of hydrogen-bond acceptors (Lipinski definition) is 3. The van der Waals surface area contributed by atoms with Gasteiger partial charge in [-0.05, 0) is 44.5 Å². The summed E-state index contributed by atoms with van der Waals surface area (Å²) >= 11 is 1.95. The molecule has 1 aromatic carbocycles. The minimum absolute atomic E-state index is 0.385. The van der Waals surface area contributed by atoms with Crippen LogP contribution in [0.4, 0.5) is 0 Å². The molecule has 3 unspecified atom stereocenters. The van der Waals surface area contributed by atoms with Crippen LogP contribution >= 0.6 is 11.8 Å². The molecule has 1 N–H and O–H groups in total. The predicted octanol–water partition coefficient (Wildman–Crippen LogP) is 3.63. The second-order valence-corrected chi connectivity index (χ2v) is 6.15. The summed E-state index contributed by atoms with van der Waals surface area (Å²) < 4.78 is 5.60. The zero-order valence-corrected chi connectivity index (χ0v) is 12.3. The van der Waals surface area contributed by atoms with Crippen molar-refractivity contribution in [2.45, 2.75) is 49.0 Å². The van der Waals surface area contributed by atoms with E-state index < -0.39 is 0 Å². The van der Waals surface area contributed by atoms with Gasteiger partial charge in [0.15, 0.2) is 0 Å². The quantitative estimate of drug-likeness (QED) is 0.878. The molecule has 2 nitrogen and oxygen atoms in total. The Morgan fingerprint density at radius 3 is 2.61 bits per heavy atom. The zero-order valence-electron chi connectivity index (χ0n) is 11.5. The van der Waals surface area contributed by atoms with Gasteiger partial charge in [0.1, 0.15) is 0 Å². The molecule has 0 aliphatic carbocycles. The van der Waals surface area contributed by atoms with Gasteiger partial charge in [0, 0.05) is 22.8 Å². The average Bonchev–Trinajstić information content (AvgIpc) is 2.79. The molecule has 0 bridgehead atoms. The lowest BCUT2D eigenvalue weighted by Gasteiger charge is -2.16. The first-order valence-corrected chi connectivity index (χ1v) is 7.68. The molecule has 3 heteroatoms.